The van der Waals surface area contributed by atoms with Gasteiger partial charge in [0.2, 0.25) is 0 Å². The van der Waals surface area contributed by atoms with Gasteiger partial charge < -0.3 is 16.0 Å². The van der Waals surface area contributed by atoms with E-state index >= 15 is 0 Å². The number of hydrogen-bond acceptors (Lipinski definition) is 3. The zero-order valence-corrected chi connectivity index (χ0v) is 12.8. The maximum atomic E-state index is 12.2. The van der Waals surface area contributed by atoms with Crippen molar-refractivity contribution in [3.63, 3.8) is 0 Å². The Morgan fingerprint density at radius 3 is 2.40 bits per heavy atom. The van der Waals surface area contributed by atoms with Crippen LogP contribution in [0.1, 0.15) is 33.3 Å². The van der Waals surface area contributed by atoms with E-state index < -0.39 is 17.4 Å². The van der Waals surface area contributed by atoms with E-state index in [-0.39, 0.29) is 0 Å². The second-order valence-electron chi connectivity index (χ2n) is 5.77. The highest BCUT2D eigenvalue weighted by atomic mass is 16.2. The molecule has 110 valence electrons. The standard InChI is InChI=1S/C15H23N3O2/c1-6-18(15(3,4)5)14(20)13(19)17-12-9-10(2)7-8-11(12)16/h7-9H,6,16H2,1-5H3,(H,17,19). The number of nitrogens with two attached hydrogens (primary N) is 1. The lowest BCUT2D eigenvalue weighted by Crippen LogP contribution is -2.49. The quantitative estimate of drug-likeness (QED) is 0.642. The number of aryl methyl sites for hydroxylation is 1. The Morgan fingerprint density at radius 1 is 1.30 bits per heavy atom. The Hall–Kier alpha value is -2.04. The van der Waals surface area contributed by atoms with Gasteiger partial charge in [-0.1, -0.05) is 6.07 Å². The molecule has 0 radical (unpaired) electrons. The lowest BCUT2D eigenvalue weighted by molar-refractivity contribution is -0.146. The van der Waals surface area contributed by atoms with E-state index in [1.807, 2.05) is 40.7 Å². The molecule has 0 fully saturated rings. The number of nitrogens with zero attached hydrogens (tertiary/aromatic N) is 1. The molecule has 0 atom stereocenters. The molecule has 5 heteroatoms. The van der Waals surface area contributed by atoms with Gasteiger partial charge in [0.15, 0.2) is 0 Å². The Balaban J connectivity index is 2.90. The fourth-order valence-electron chi connectivity index (χ4n) is 2.00. The number of rotatable bonds is 2. The van der Waals surface area contributed by atoms with Gasteiger partial charge in [-0.15, -0.1) is 0 Å². The lowest BCUT2D eigenvalue weighted by Gasteiger charge is -2.34. The number of carbonyl (C=O) groups is 2. The summed E-state index contributed by atoms with van der Waals surface area (Å²) in [5.41, 5.74) is 7.26. The van der Waals surface area contributed by atoms with Crippen molar-refractivity contribution < 1.29 is 9.59 Å². The summed E-state index contributed by atoms with van der Waals surface area (Å²) in [5.74, 6) is -1.22. The summed E-state index contributed by atoms with van der Waals surface area (Å²) >= 11 is 0. The van der Waals surface area contributed by atoms with Crippen LogP contribution in [0.3, 0.4) is 0 Å². The van der Waals surface area contributed by atoms with E-state index in [9.17, 15) is 9.59 Å². The zero-order chi connectivity index (χ0) is 15.5. The van der Waals surface area contributed by atoms with Crippen molar-refractivity contribution in [2.24, 2.45) is 0 Å². The zero-order valence-electron chi connectivity index (χ0n) is 12.8. The Morgan fingerprint density at radius 2 is 1.90 bits per heavy atom. The van der Waals surface area contributed by atoms with Crippen molar-refractivity contribution in [2.45, 2.75) is 40.2 Å². The summed E-state index contributed by atoms with van der Waals surface area (Å²) < 4.78 is 0. The topological polar surface area (TPSA) is 75.4 Å². The average Bonchev–Trinajstić information content (AvgIpc) is 2.32. The number of benzene rings is 1. The van der Waals surface area contributed by atoms with Crippen LogP contribution < -0.4 is 11.1 Å². The molecule has 0 spiro atoms. The van der Waals surface area contributed by atoms with Crippen molar-refractivity contribution in [3.8, 4) is 0 Å². The van der Waals surface area contributed by atoms with Crippen molar-refractivity contribution >= 4 is 23.2 Å². The molecule has 0 unspecified atom stereocenters. The third-order valence-corrected chi connectivity index (χ3v) is 3.02. The van der Waals surface area contributed by atoms with Crippen LogP contribution in [0.25, 0.3) is 0 Å². The molecule has 0 aliphatic carbocycles. The van der Waals surface area contributed by atoms with E-state index in [1.54, 1.807) is 12.1 Å². The van der Waals surface area contributed by atoms with E-state index in [4.69, 9.17) is 5.73 Å². The highest BCUT2D eigenvalue weighted by molar-refractivity contribution is 6.40. The number of nitrogen functional groups attached to an aromatic ring is 1. The molecular formula is C15H23N3O2. The Labute approximate surface area is 120 Å². The van der Waals surface area contributed by atoms with Crippen LogP contribution >= 0.6 is 0 Å². The van der Waals surface area contributed by atoms with Gasteiger partial charge in [0.05, 0.1) is 11.4 Å². The predicted molar refractivity (Wildman–Crippen MR) is 81.4 cm³/mol. The van der Waals surface area contributed by atoms with Gasteiger partial charge in [0.1, 0.15) is 0 Å². The predicted octanol–water partition coefficient (Wildman–Crippen LogP) is 2.16. The molecule has 0 aliphatic rings. The maximum absolute atomic E-state index is 12.2. The number of anilines is 2. The van der Waals surface area contributed by atoms with Gasteiger partial charge in [-0.2, -0.15) is 0 Å². The van der Waals surface area contributed by atoms with Crippen LogP contribution in [0.15, 0.2) is 18.2 Å². The second-order valence-corrected chi connectivity index (χ2v) is 5.77. The Kier molecular flexibility index (Phi) is 4.76. The lowest BCUT2D eigenvalue weighted by atomic mass is 10.1. The monoisotopic (exact) mass is 277 g/mol. The summed E-state index contributed by atoms with van der Waals surface area (Å²) in [4.78, 5) is 25.8. The minimum absolute atomic E-state index is 0.401. The van der Waals surface area contributed by atoms with Crippen LogP contribution in [0.5, 0.6) is 0 Å². The van der Waals surface area contributed by atoms with E-state index in [0.29, 0.717) is 17.9 Å². The summed E-state index contributed by atoms with van der Waals surface area (Å²) in [6.07, 6.45) is 0. The first kappa shape index (κ1) is 16.0. The van der Waals surface area contributed by atoms with Crippen molar-refractivity contribution in [3.05, 3.63) is 23.8 Å². The number of carbonyl (C=O) groups excluding carboxylic acids is 2. The maximum Gasteiger partial charge on any atom is 0.313 e. The van der Waals surface area contributed by atoms with Crippen LogP contribution in [0.4, 0.5) is 11.4 Å². The molecule has 0 saturated carbocycles. The smallest absolute Gasteiger partial charge is 0.313 e. The molecule has 3 N–H and O–H groups in total. The van der Waals surface area contributed by atoms with Crippen LogP contribution in [-0.2, 0) is 9.59 Å². The molecule has 20 heavy (non-hydrogen) atoms. The van der Waals surface area contributed by atoms with Crippen molar-refractivity contribution in [1.82, 2.24) is 4.90 Å². The molecule has 1 aromatic carbocycles. The minimum atomic E-state index is -0.668. The van der Waals surface area contributed by atoms with Gasteiger partial charge in [-0.25, -0.2) is 0 Å². The van der Waals surface area contributed by atoms with Gasteiger partial charge in [-0.3, -0.25) is 9.59 Å². The molecule has 1 rings (SSSR count). The molecule has 0 saturated heterocycles. The molecule has 1 aromatic rings. The highest BCUT2D eigenvalue weighted by Crippen LogP contribution is 2.20. The molecule has 5 nitrogen and oxygen atoms in total. The van der Waals surface area contributed by atoms with Crippen molar-refractivity contribution in [1.29, 1.82) is 0 Å². The van der Waals surface area contributed by atoms with E-state index in [1.165, 1.54) is 4.90 Å². The van der Waals surface area contributed by atoms with E-state index in [0.717, 1.165) is 5.56 Å². The van der Waals surface area contributed by atoms with Crippen LogP contribution in [-0.4, -0.2) is 28.8 Å². The third-order valence-electron chi connectivity index (χ3n) is 3.02. The number of amides is 2. The molecule has 0 bridgehead atoms. The fourth-order valence-corrected chi connectivity index (χ4v) is 2.00. The fraction of sp³-hybridized carbons (Fsp3) is 0.467. The molecular weight excluding hydrogens is 254 g/mol. The first-order chi connectivity index (χ1) is 9.16. The van der Waals surface area contributed by atoms with Crippen molar-refractivity contribution in [2.75, 3.05) is 17.6 Å². The molecule has 2 amide bonds. The SMILES string of the molecule is CCN(C(=O)C(=O)Nc1cc(C)ccc1N)C(C)(C)C. The second kappa shape index (κ2) is 5.94. The first-order valence-electron chi connectivity index (χ1n) is 6.66. The normalized spacial score (nSPS) is 11.1. The number of hydrogen-bond donors (Lipinski definition) is 2. The van der Waals surface area contributed by atoms with Gasteiger partial charge in [-0.05, 0) is 52.3 Å². The summed E-state index contributed by atoms with van der Waals surface area (Å²) in [5, 5.41) is 2.58. The third kappa shape index (κ3) is 3.73. The van der Waals surface area contributed by atoms with Crippen LogP contribution in [0.2, 0.25) is 0 Å². The highest BCUT2D eigenvalue weighted by Gasteiger charge is 2.29. The molecule has 0 aliphatic heterocycles. The minimum Gasteiger partial charge on any atom is -0.397 e. The first-order valence-corrected chi connectivity index (χ1v) is 6.66. The largest absolute Gasteiger partial charge is 0.397 e. The van der Waals surface area contributed by atoms with E-state index in [2.05, 4.69) is 5.32 Å². The summed E-state index contributed by atoms with van der Waals surface area (Å²) in [6, 6.07) is 5.30. The summed E-state index contributed by atoms with van der Waals surface area (Å²) in [7, 11) is 0. The number of likely N-dealkylation sites (N-methyl/N-ethyl adjacent to an activating group) is 1. The number of nitrogens with one attached hydrogen (secondary N) is 1. The van der Waals surface area contributed by atoms with Gasteiger partial charge in [0.25, 0.3) is 0 Å². The molecule has 0 heterocycles. The Bertz CT molecular complexity index is 518. The average molecular weight is 277 g/mol. The van der Waals surface area contributed by atoms with Gasteiger partial charge in [0, 0.05) is 12.1 Å². The van der Waals surface area contributed by atoms with Crippen LogP contribution in [0, 0.1) is 6.92 Å². The summed E-state index contributed by atoms with van der Waals surface area (Å²) in [6.45, 7) is 9.88. The van der Waals surface area contributed by atoms with Gasteiger partial charge >= 0.3 is 11.8 Å². The molecule has 0 aromatic heterocycles.